The minimum atomic E-state index is 0.526. The van der Waals surface area contributed by atoms with Crippen molar-refractivity contribution in [3.05, 3.63) is 211 Å². The monoisotopic (exact) mass is 765 g/mol. The SMILES string of the molecule is Cc1ccccc1-c1ccc2c(c1)c1ccccc1n2-c1c(-c2ccccc2C#N)cc(-c2nc(-c3ccccc3)cc(-c3ccccc3)n2)cc1-c1ccccc1C#N. The summed E-state index contributed by atoms with van der Waals surface area (Å²) >= 11 is 0. The standard InChI is InChI=1S/C55H35N5/c1-36-16-8-11-23-43(36)39-28-29-53-47(30-39)46-26-14-15-27-52(46)60(53)54-48(44-24-12-9-21-40(44)34-56)31-42(32-49(54)45-25-13-10-22-41(45)35-57)55-58-50(37-17-4-2-5-18-37)33-51(59-55)38-19-6-3-7-20-38/h2-33H,1H3. The van der Waals surface area contributed by atoms with Crippen molar-refractivity contribution in [3.63, 3.8) is 0 Å². The van der Waals surface area contributed by atoms with Crippen LogP contribution in [0.3, 0.4) is 0 Å². The zero-order valence-electron chi connectivity index (χ0n) is 32.7. The summed E-state index contributed by atoms with van der Waals surface area (Å²) in [7, 11) is 0. The van der Waals surface area contributed by atoms with Gasteiger partial charge in [0.25, 0.3) is 0 Å². The van der Waals surface area contributed by atoms with E-state index in [1.165, 1.54) is 11.1 Å². The van der Waals surface area contributed by atoms with E-state index in [0.29, 0.717) is 17.0 Å². The number of hydrogen-bond acceptors (Lipinski definition) is 4. The lowest BCUT2D eigenvalue weighted by Crippen LogP contribution is -2.04. The van der Waals surface area contributed by atoms with Gasteiger partial charge in [-0.15, -0.1) is 0 Å². The molecule has 10 aromatic rings. The summed E-state index contributed by atoms with van der Waals surface area (Å²) in [5.41, 5.74) is 14.8. The Morgan fingerprint density at radius 3 is 1.48 bits per heavy atom. The van der Waals surface area contributed by atoms with Gasteiger partial charge in [0.15, 0.2) is 5.82 Å². The molecule has 5 nitrogen and oxygen atoms in total. The predicted molar refractivity (Wildman–Crippen MR) is 243 cm³/mol. The molecule has 0 saturated carbocycles. The summed E-state index contributed by atoms with van der Waals surface area (Å²) in [6.07, 6.45) is 0. The number of aryl methyl sites for hydroxylation is 1. The maximum Gasteiger partial charge on any atom is 0.160 e. The van der Waals surface area contributed by atoms with Crippen molar-refractivity contribution in [2.75, 3.05) is 0 Å². The zero-order valence-corrected chi connectivity index (χ0v) is 32.7. The highest BCUT2D eigenvalue weighted by atomic mass is 15.0. The molecule has 8 aromatic carbocycles. The quantitative estimate of drug-likeness (QED) is 0.162. The molecular weight excluding hydrogens is 731 g/mol. The summed E-state index contributed by atoms with van der Waals surface area (Å²) in [5.74, 6) is 0.526. The molecule has 0 radical (unpaired) electrons. The highest BCUT2D eigenvalue weighted by Crippen LogP contribution is 2.46. The highest BCUT2D eigenvalue weighted by molar-refractivity contribution is 6.12. The summed E-state index contributed by atoms with van der Waals surface area (Å²) in [4.78, 5) is 10.5. The largest absolute Gasteiger partial charge is 0.308 e. The van der Waals surface area contributed by atoms with E-state index in [1.807, 2.05) is 91.0 Å². The number of aromatic nitrogens is 3. The van der Waals surface area contributed by atoms with E-state index in [-0.39, 0.29) is 0 Å². The van der Waals surface area contributed by atoms with Crippen molar-refractivity contribution in [3.8, 4) is 85.1 Å². The normalized spacial score (nSPS) is 11.1. The van der Waals surface area contributed by atoms with Gasteiger partial charge in [0, 0.05) is 49.7 Å². The van der Waals surface area contributed by atoms with Crippen LogP contribution in [0.1, 0.15) is 16.7 Å². The van der Waals surface area contributed by atoms with Crippen LogP contribution in [-0.2, 0) is 0 Å². The Morgan fingerprint density at radius 1 is 0.400 bits per heavy atom. The fourth-order valence-corrected chi connectivity index (χ4v) is 8.41. The van der Waals surface area contributed by atoms with Crippen LogP contribution >= 0.6 is 0 Å². The molecule has 0 atom stereocenters. The molecular formula is C55H35N5. The molecule has 0 fully saturated rings. The first-order valence-corrected chi connectivity index (χ1v) is 19.9. The fourth-order valence-electron chi connectivity index (χ4n) is 8.41. The van der Waals surface area contributed by atoms with E-state index in [2.05, 4.69) is 127 Å². The van der Waals surface area contributed by atoms with Crippen LogP contribution in [-0.4, -0.2) is 14.5 Å². The molecule has 0 unspecified atom stereocenters. The summed E-state index contributed by atoms with van der Waals surface area (Å²) in [5, 5.41) is 23.5. The van der Waals surface area contributed by atoms with Gasteiger partial charge in [0.2, 0.25) is 0 Å². The lowest BCUT2D eigenvalue weighted by Gasteiger charge is -2.22. The van der Waals surface area contributed by atoms with Crippen molar-refractivity contribution < 1.29 is 0 Å². The summed E-state index contributed by atoms with van der Waals surface area (Å²) < 4.78 is 2.31. The lowest BCUT2D eigenvalue weighted by atomic mass is 9.89. The topological polar surface area (TPSA) is 78.3 Å². The molecule has 0 spiro atoms. The third-order valence-corrected chi connectivity index (χ3v) is 11.3. The molecule has 60 heavy (non-hydrogen) atoms. The first kappa shape index (κ1) is 36.0. The van der Waals surface area contributed by atoms with Crippen LogP contribution in [0.5, 0.6) is 0 Å². The second-order valence-electron chi connectivity index (χ2n) is 14.8. The number of nitriles is 2. The molecule has 0 aliphatic carbocycles. The van der Waals surface area contributed by atoms with E-state index in [9.17, 15) is 10.5 Å². The first-order valence-electron chi connectivity index (χ1n) is 19.9. The lowest BCUT2D eigenvalue weighted by molar-refractivity contribution is 1.16. The Morgan fingerprint density at radius 2 is 0.900 bits per heavy atom. The minimum Gasteiger partial charge on any atom is -0.308 e. The Kier molecular flexibility index (Phi) is 9.10. The molecule has 0 aliphatic heterocycles. The van der Waals surface area contributed by atoms with Crippen LogP contribution in [0.25, 0.3) is 94.8 Å². The van der Waals surface area contributed by atoms with Gasteiger partial charge in [-0.3, -0.25) is 0 Å². The van der Waals surface area contributed by atoms with Crippen LogP contribution in [0.2, 0.25) is 0 Å². The van der Waals surface area contributed by atoms with E-state index >= 15 is 0 Å². The van der Waals surface area contributed by atoms with Gasteiger partial charge >= 0.3 is 0 Å². The summed E-state index contributed by atoms with van der Waals surface area (Å²) in [6.45, 7) is 2.14. The van der Waals surface area contributed by atoms with Gasteiger partial charge < -0.3 is 4.57 Å². The van der Waals surface area contributed by atoms with Gasteiger partial charge in [-0.2, -0.15) is 10.5 Å². The van der Waals surface area contributed by atoms with Crippen molar-refractivity contribution in [2.45, 2.75) is 6.92 Å². The molecule has 2 aromatic heterocycles. The third-order valence-electron chi connectivity index (χ3n) is 11.3. The molecule has 280 valence electrons. The van der Waals surface area contributed by atoms with Gasteiger partial charge in [0.05, 0.1) is 51.4 Å². The average molecular weight is 766 g/mol. The molecule has 5 heteroatoms. The Balaban J connectivity index is 1.35. The van der Waals surface area contributed by atoms with E-state index in [4.69, 9.17) is 9.97 Å². The molecule has 0 N–H and O–H groups in total. The molecule has 0 aliphatic rings. The average Bonchev–Trinajstić information content (AvgIpc) is 3.64. The molecule has 0 bridgehead atoms. The van der Waals surface area contributed by atoms with Gasteiger partial charge in [0.1, 0.15) is 0 Å². The maximum atomic E-state index is 10.7. The molecule has 0 amide bonds. The highest BCUT2D eigenvalue weighted by Gasteiger charge is 2.25. The Bertz CT molecular complexity index is 3210. The second kappa shape index (κ2) is 15.2. The van der Waals surface area contributed by atoms with E-state index < -0.39 is 0 Å². The number of benzene rings is 8. The van der Waals surface area contributed by atoms with Crippen LogP contribution in [0.4, 0.5) is 0 Å². The second-order valence-corrected chi connectivity index (χ2v) is 14.8. The van der Waals surface area contributed by atoms with Crippen LogP contribution < -0.4 is 0 Å². The smallest absolute Gasteiger partial charge is 0.160 e. The maximum absolute atomic E-state index is 10.7. The Labute approximate surface area is 348 Å². The number of fused-ring (bicyclic) bond motifs is 3. The predicted octanol–water partition coefficient (Wildman–Crippen LogP) is 13.6. The van der Waals surface area contributed by atoms with E-state index in [0.717, 1.165) is 83.4 Å². The minimum absolute atomic E-state index is 0.526. The van der Waals surface area contributed by atoms with Gasteiger partial charge in [-0.25, -0.2) is 9.97 Å². The number of nitrogens with zero attached hydrogens (tertiary/aromatic N) is 5. The number of hydrogen-bond donors (Lipinski definition) is 0. The molecule has 2 heterocycles. The van der Waals surface area contributed by atoms with Crippen molar-refractivity contribution >= 4 is 21.8 Å². The fraction of sp³-hybridized carbons (Fsp3) is 0.0182. The first-order chi connectivity index (χ1) is 29.6. The van der Waals surface area contributed by atoms with Crippen LogP contribution in [0, 0.1) is 29.6 Å². The van der Waals surface area contributed by atoms with Gasteiger partial charge in [-0.1, -0.05) is 146 Å². The van der Waals surface area contributed by atoms with Crippen LogP contribution in [0.15, 0.2) is 194 Å². The summed E-state index contributed by atoms with van der Waals surface area (Å²) in [6, 6.07) is 70.5. The van der Waals surface area contributed by atoms with E-state index in [1.54, 1.807) is 0 Å². The number of rotatable bonds is 7. The Hall–Kier alpha value is -8.38. The van der Waals surface area contributed by atoms with Gasteiger partial charge in [-0.05, 0) is 72.1 Å². The molecule has 0 saturated heterocycles. The van der Waals surface area contributed by atoms with Crippen molar-refractivity contribution in [2.24, 2.45) is 0 Å². The van der Waals surface area contributed by atoms with Crippen molar-refractivity contribution in [1.82, 2.24) is 14.5 Å². The van der Waals surface area contributed by atoms with Crippen molar-refractivity contribution in [1.29, 1.82) is 10.5 Å². The third kappa shape index (κ3) is 6.28. The number of para-hydroxylation sites is 1. The zero-order chi connectivity index (χ0) is 40.6. The molecule has 10 rings (SSSR count).